The predicted molar refractivity (Wildman–Crippen MR) is 125 cm³/mol. The van der Waals surface area contributed by atoms with Crippen LogP contribution in [0.2, 0.25) is 5.02 Å². The minimum absolute atomic E-state index is 0.157. The highest BCUT2D eigenvalue weighted by Gasteiger charge is 2.32. The Balaban J connectivity index is 1.95. The number of amides is 2. The third-order valence-corrected chi connectivity index (χ3v) is 6.61. The van der Waals surface area contributed by atoms with Crippen molar-refractivity contribution >= 4 is 61.7 Å². The van der Waals surface area contributed by atoms with Crippen LogP contribution in [0.15, 0.2) is 24.3 Å². The molecule has 0 saturated heterocycles. The van der Waals surface area contributed by atoms with E-state index < -0.39 is 10.9 Å². The number of ketones is 1. The number of nitrogens with one attached hydrogen (secondary N) is 1. The van der Waals surface area contributed by atoms with Gasteiger partial charge in [-0.2, -0.15) is 0 Å². The fourth-order valence-electron chi connectivity index (χ4n) is 3.17. The van der Waals surface area contributed by atoms with E-state index in [4.69, 9.17) is 22.8 Å². The summed E-state index contributed by atoms with van der Waals surface area (Å²) in [6.45, 7) is 2.54. The minimum Gasteiger partial charge on any atom is -0.448 e. The average molecular weight is 524 g/mol. The number of hydrogen-bond acceptors (Lipinski definition) is 5. The van der Waals surface area contributed by atoms with Crippen LogP contribution in [-0.2, 0) is 22.5 Å². The molecule has 0 spiro atoms. The first-order valence-corrected chi connectivity index (χ1v) is 11.7. The first kappa shape index (κ1) is 23.3. The monoisotopic (exact) mass is 522 g/mol. The molecule has 6 nitrogen and oxygen atoms in total. The molecule has 0 saturated carbocycles. The summed E-state index contributed by atoms with van der Waals surface area (Å²) in [7, 11) is 0. The first-order valence-electron chi connectivity index (χ1n) is 9.57. The van der Waals surface area contributed by atoms with Gasteiger partial charge >= 0.3 is 6.09 Å². The Kier molecular flexibility index (Phi) is 7.76. The number of terminal acetylenes is 1. The highest BCUT2D eigenvalue weighted by atomic mass is 79.9. The van der Waals surface area contributed by atoms with E-state index in [1.807, 2.05) is 0 Å². The lowest BCUT2D eigenvalue weighted by Crippen LogP contribution is -2.36. The molecule has 9 heteroatoms. The van der Waals surface area contributed by atoms with Crippen LogP contribution in [0.1, 0.15) is 39.7 Å². The van der Waals surface area contributed by atoms with Gasteiger partial charge in [0.1, 0.15) is 11.6 Å². The number of halogens is 2. The van der Waals surface area contributed by atoms with E-state index in [-0.39, 0.29) is 24.8 Å². The van der Waals surface area contributed by atoms with Gasteiger partial charge in [0.15, 0.2) is 5.78 Å². The Bertz CT molecular complexity index is 1060. The van der Waals surface area contributed by atoms with Crippen LogP contribution < -0.4 is 5.32 Å². The molecule has 1 aromatic heterocycles. The van der Waals surface area contributed by atoms with Crippen molar-refractivity contribution in [2.45, 2.75) is 31.1 Å². The number of alkyl halides is 1. The van der Waals surface area contributed by atoms with Crippen LogP contribution in [0.5, 0.6) is 0 Å². The summed E-state index contributed by atoms with van der Waals surface area (Å²) in [4.78, 5) is 40.0. The molecule has 0 bridgehead atoms. The van der Waals surface area contributed by atoms with Gasteiger partial charge in [0.25, 0.3) is 0 Å². The summed E-state index contributed by atoms with van der Waals surface area (Å²) >= 11 is 10.8. The molecular weight excluding hydrogens is 504 g/mol. The largest absolute Gasteiger partial charge is 0.448 e. The first-order chi connectivity index (χ1) is 14.8. The van der Waals surface area contributed by atoms with Gasteiger partial charge < -0.3 is 15.0 Å². The van der Waals surface area contributed by atoms with Crippen molar-refractivity contribution in [2.75, 3.05) is 18.5 Å². The quantitative estimate of drug-likeness (QED) is 0.254. The number of benzene rings is 1. The lowest BCUT2D eigenvalue weighted by Gasteiger charge is -2.26. The fraction of sp³-hybridized carbons (Fsp3) is 0.318. The smallest absolute Gasteiger partial charge is 0.410 e. The third-order valence-electron chi connectivity index (χ3n) is 4.73. The third kappa shape index (κ3) is 5.29. The highest BCUT2D eigenvalue weighted by molar-refractivity contribution is 9.10. The van der Waals surface area contributed by atoms with Gasteiger partial charge in [-0.05, 0) is 31.0 Å². The summed E-state index contributed by atoms with van der Waals surface area (Å²) < 4.78 is 5.19. The van der Waals surface area contributed by atoms with Crippen molar-refractivity contribution < 1.29 is 19.1 Å². The lowest BCUT2D eigenvalue weighted by molar-refractivity contribution is -0.115. The van der Waals surface area contributed by atoms with Gasteiger partial charge in [-0.25, -0.2) is 4.79 Å². The molecule has 1 aromatic carbocycles. The van der Waals surface area contributed by atoms with E-state index in [2.05, 4.69) is 27.2 Å². The zero-order valence-corrected chi connectivity index (χ0v) is 19.9. The Morgan fingerprint density at radius 3 is 2.81 bits per heavy atom. The van der Waals surface area contributed by atoms with Gasteiger partial charge in [0.2, 0.25) is 5.91 Å². The fourth-order valence-corrected chi connectivity index (χ4v) is 4.77. The van der Waals surface area contributed by atoms with E-state index >= 15 is 0 Å². The second-order valence-electron chi connectivity index (χ2n) is 6.86. The molecule has 0 radical (unpaired) electrons. The molecule has 2 aromatic rings. The van der Waals surface area contributed by atoms with Crippen molar-refractivity contribution in [3.8, 4) is 12.3 Å². The minimum atomic E-state index is -0.451. The molecule has 1 atom stereocenters. The van der Waals surface area contributed by atoms with Gasteiger partial charge in [0.05, 0.1) is 22.0 Å². The summed E-state index contributed by atoms with van der Waals surface area (Å²) in [5, 5.41) is 3.63. The maximum atomic E-state index is 13.4. The lowest BCUT2D eigenvalue weighted by atomic mass is 9.96. The molecule has 2 heterocycles. The molecule has 1 N–H and O–H groups in total. The molecule has 1 unspecified atom stereocenters. The summed E-state index contributed by atoms with van der Waals surface area (Å²) in [5.74, 6) is 1.90. The number of carbonyl (C=O) groups excluding carboxylic acids is 3. The Labute approximate surface area is 198 Å². The molecule has 1 aliphatic rings. The van der Waals surface area contributed by atoms with E-state index in [1.54, 1.807) is 36.1 Å². The molecule has 2 amide bonds. The maximum Gasteiger partial charge on any atom is 0.410 e. The highest BCUT2D eigenvalue weighted by Crippen LogP contribution is 2.39. The SMILES string of the molecule is C#CCCOC(=O)N1CCc2c(sc(NC(=O)C(C)Br)c2C(=O)c2ccccc2Cl)C1. The van der Waals surface area contributed by atoms with Crippen LogP contribution in [0.3, 0.4) is 0 Å². The second-order valence-corrected chi connectivity index (χ2v) is 9.75. The summed E-state index contributed by atoms with van der Waals surface area (Å²) in [5.41, 5.74) is 1.61. The number of hydrogen-bond donors (Lipinski definition) is 1. The Morgan fingerprint density at radius 2 is 2.13 bits per heavy atom. The number of nitrogens with zero attached hydrogens (tertiary/aromatic N) is 1. The van der Waals surface area contributed by atoms with E-state index in [1.165, 1.54) is 11.3 Å². The molecule has 1 aliphatic heterocycles. The van der Waals surface area contributed by atoms with E-state index in [0.717, 1.165) is 10.4 Å². The van der Waals surface area contributed by atoms with Gasteiger partial charge in [-0.15, -0.1) is 23.7 Å². The van der Waals surface area contributed by atoms with E-state index in [0.29, 0.717) is 40.5 Å². The van der Waals surface area contributed by atoms with Crippen molar-refractivity contribution in [1.82, 2.24) is 4.90 Å². The van der Waals surface area contributed by atoms with Crippen LogP contribution >= 0.6 is 38.9 Å². The summed E-state index contributed by atoms with van der Waals surface area (Å²) in [6, 6.07) is 6.80. The number of rotatable bonds is 6. The molecule has 162 valence electrons. The van der Waals surface area contributed by atoms with Crippen LogP contribution in [0, 0.1) is 12.3 Å². The van der Waals surface area contributed by atoms with Crippen LogP contribution in [0.4, 0.5) is 9.80 Å². The summed E-state index contributed by atoms with van der Waals surface area (Å²) in [6.07, 6.45) is 5.55. The van der Waals surface area contributed by atoms with Gasteiger partial charge in [-0.1, -0.05) is 39.7 Å². The zero-order chi connectivity index (χ0) is 22.5. The average Bonchev–Trinajstić information content (AvgIpc) is 3.10. The number of ether oxygens (including phenoxy) is 1. The van der Waals surface area contributed by atoms with Crippen LogP contribution in [0.25, 0.3) is 0 Å². The number of fused-ring (bicyclic) bond motifs is 1. The van der Waals surface area contributed by atoms with E-state index in [9.17, 15) is 14.4 Å². The maximum absolute atomic E-state index is 13.4. The molecule has 31 heavy (non-hydrogen) atoms. The second kappa shape index (κ2) is 10.3. The number of carbonyl (C=O) groups is 3. The van der Waals surface area contributed by atoms with Crippen molar-refractivity contribution in [3.63, 3.8) is 0 Å². The predicted octanol–water partition coefficient (Wildman–Crippen LogP) is 4.87. The van der Waals surface area contributed by atoms with Gasteiger partial charge in [-0.3, -0.25) is 9.59 Å². The van der Waals surface area contributed by atoms with Crippen molar-refractivity contribution in [1.29, 1.82) is 0 Å². The van der Waals surface area contributed by atoms with Gasteiger partial charge in [0, 0.05) is 23.4 Å². The number of thiophene rings is 1. The normalized spacial score (nSPS) is 13.7. The molecular formula is C22H20BrClN2O4S. The van der Waals surface area contributed by atoms with Crippen LogP contribution in [-0.4, -0.2) is 40.7 Å². The molecule has 0 aliphatic carbocycles. The standard InChI is InChI=1S/C22H20BrClN2O4S/c1-3-4-11-30-22(29)26-10-9-15-17(12-26)31-21(25-20(28)13(2)23)18(15)19(27)14-7-5-6-8-16(14)24/h1,5-8,13H,4,9-12H2,2H3,(H,25,28). The van der Waals surface area contributed by atoms with Crippen molar-refractivity contribution in [2.24, 2.45) is 0 Å². The molecule has 0 fully saturated rings. The number of anilines is 1. The van der Waals surface area contributed by atoms with Crippen molar-refractivity contribution in [3.05, 3.63) is 50.9 Å². The Hall–Kier alpha value is -2.34. The Morgan fingerprint density at radius 1 is 1.39 bits per heavy atom. The topological polar surface area (TPSA) is 75.7 Å². The zero-order valence-electron chi connectivity index (χ0n) is 16.7. The molecule has 3 rings (SSSR count).